The maximum Gasteiger partial charge on any atom is 0.121 e. The van der Waals surface area contributed by atoms with E-state index in [0.717, 1.165) is 25.3 Å². The molecule has 2 atom stereocenters. The fourth-order valence-corrected chi connectivity index (χ4v) is 2.97. The van der Waals surface area contributed by atoms with E-state index in [1.54, 1.807) is 0 Å². The number of aliphatic imine (C=N–C) groups is 1. The van der Waals surface area contributed by atoms with Crippen LogP contribution in [0, 0.1) is 0 Å². The van der Waals surface area contributed by atoms with Crippen molar-refractivity contribution in [2.45, 2.75) is 31.2 Å². The minimum Gasteiger partial charge on any atom is -0.314 e. The van der Waals surface area contributed by atoms with Crippen molar-refractivity contribution in [3.8, 4) is 0 Å². The third-order valence-corrected chi connectivity index (χ3v) is 4.11. The van der Waals surface area contributed by atoms with Crippen molar-refractivity contribution >= 4 is 29.6 Å². The van der Waals surface area contributed by atoms with Crippen LogP contribution < -0.4 is 5.73 Å². The van der Waals surface area contributed by atoms with E-state index in [-0.39, 0.29) is 22.4 Å². The molecule has 2 unspecified atom stereocenters. The van der Waals surface area contributed by atoms with E-state index in [2.05, 4.69) is 23.4 Å². The van der Waals surface area contributed by atoms with Crippen LogP contribution in [0.3, 0.4) is 0 Å². The maximum absolute atomic E-state index is 13.9. The summed E-state index contributed by atoms with van der Waals surface area (Å²) in [6.45, 7) is 6.43. The van der Waals surface area contributed by atoms with Crippen molar-refractivity contribution in [1.29, 1.82) is 0 Å². The highest BCUT2D eigenvalue weighted by Gasteiger charge is 2.34. The summed E-state index contributed by atoms with van der Waals surface area (Å²) in [6, 6.07) is 0. The molecule has 0 aliphatic carbocycles. The first kappa shape index (κ1) is 15.7. The highest BCUT2D eigenvalue weighted by molar-refractivity contribution is 8.00. The molecule has 1 aliphatic rings. The van der Waals surface area contributed by atoms with Crippen LogP contribution in [0.5, 0.6) is 0 Å². The number of nitrogens with two attached hydrogens (primary N) is 1. The smallest absolute Gasteiger partial charge is 0.121 e. The van der Waals surface area contributed by atoms with Gasteiger partial charge in [0.15, 0.2) is 0 Å². The number of thioether (sulfide) groups is 1. The lowest BCUT2D eigenvalue weighted by Gasteiger charge is -2.22. The van der Waals surface area contributed by atoms with Crippen LogP contribution in [0.2, 0.25) is 0 Å². The van der Waals surface area contributed by atoms with Gasteiger partial charge in [0.2, 0.25) is 0 Å². The van der Waals surface area contributed by atoms with Crippen LogP contribution in [0.1, 0.15) is 19.8 Å². The topological polar surface area (TPSA) is 41.6 Å². The normalized spacial score (nSPS) is 26.1. The molecule has 2 N–H and O–H groups in total. The van der Waals surface area contributed by atoms with Gasteiger partial charge in [-0.2, -0.15) is 0 Å². The highest BCUT2D eigenvalue weighted by Crippen LogP contribution is 2.32. The zero-order valence-corrected chi connectivity index (χ0v) is 12.1. The summed E-state index contributed by atoms with van der Waals surface area (Å²) in [5.41, 5.74) is 6.03. The van der Waals surface area contributed by atoms with E-state index in [0.29, 0.717) is 0 Å². The number of hydrogen-bond donors (Lipinski definition) is 1. The van der Waals surface area contributed by atoms with Gasteiger partial charge in [0, 0.05) is 18.6 Å². The molecule has 0 aromatic heterocycles. The molecule has 1 heterocycles. The highest BCUT2D eigenvalue weighted by atomic mass is 35.5. The van der Waals surface area contributed by atoms with Crippen molar-refractivity contribution in [3.05, 3.63) is 23.6 Å². The van der Waals surface area contributed by atoms with E-state index in [1.807, 2.05) is 0 Å². The average Bonchev–Trinajstić information content (AvgIpc) is 2.67. The second-order valence-electron chi connectivity index (χ2n) is 4.08. The number of allylic oxidation sites excluding steroid dienone is 1. The Morgan fingerprint density at radius 3 is 3.06 bits per heavy atom. The Kier molecular flexibility index (Phi) is 6.92. The Labute approximate surface area is 117 Å². The van der Waals surface area contributed by atoms with Crippen molar-refractivity contribution < 1.29 is 4.39 Å². The van der Waals surface area contributed by atoms with Gasteiger partial charge in [-0.3, -0.25) is 4.90 Å². The lowest BCUT2D eigenvalue weighted by atomic mass is 10.2. The molecule has 0 bridgehead atoms. The van der Waals surface area contributed by atoms with Crippen molar-refractivity contribution in [3.63, 3.8) is 0 Å². The van der Waals surface area contributed by atoms with Crippen LogP contribution >= 0.6 is 23.4 Å². The first-order chi connectivity index (χ1) is 8.56. The summed E-state index contributed by atoms with van der Waals surface area (Å²) in [6.07, 6.45) is 4.54. The molecule has 1 aliphatic heterocycles. The predicted molar refractivity (Wildman–Crippen MR) is 78.5 cm³/mol. The lowest BCUT2D eigenvalue weighted by Crippen LogP contribution is -2.43. The van der Waals surface area contributed by atoms with Crippen molar-refractivity contribution in [2.24, 2.45) is 10.7 Å². The molecular formula is C12H19ClFN3S. The predicted octanol–water partition coefficient (Wildman–Crippen LogP) is 3.08. The zero-order chi connectivity index (χ0) is 13.5. The second kappa shape index (κ2) is 7.94. The second-order valence-corrected chi connectivity index (χ2v) is 5.61. The molecule has 0 saturated carbocycles. The van der Waals surface area contributed by atoms with Gasteiger partial charge in [-0.05, 0) is 12.5 Å². The largest absolute Gasteiger partial charge is 0.314 e. The van der Waals surface area contributed by atoms with Crippen LogP contribution in [-0.2, 0) is 0 Å². The van der Waals surface area contributed by atoms with E-state index in [9.17, 15) is 4.39 Å². The summed E-state index contributed by atoms with van der Waals surface area (Å²) in [4.78, 5) is 5.80. The maximum atomic E-state index is 13.9. The van der Waals surface area contributed by atoms with Gasteiger partial charge < -0.3 is 5.73 Å². The summed E-state index contributed by atoms with van der Waals surface area (Å²) >= 11 is 6.96. The fourth-order valence-electron chi connectivity index (χ4n) is 1.65. The van der Waals surface area contributed by atoms with Crippen molar-refractivity contribution in [1.82, 2.24) is 4.90 Å². The van der Waals surface area contributed by atoms with Gasteiger partial charge in [0.25, 0.3) is 0 Å². The number of nitrogens with zero attached hydrogens (tertiary/aromatic N) is 2. The van der Waals surface area contributed by atoms with Crippen LogP contribution in [0.25, 0.3) is 0 Å². The Hall–Kier alpha value is -0.360. The molecule has 1 fully saturated rings. The van der Waals surface area contributed by atoms with Gasteiger partial charge >= 0.3 is 0 Å². The Bertz CT molecular complexity index is 346. The third-order valence-electron chi connectivity index (χ3n) is 2.67. The molecule has 1 rings (SSSR count). The zero-order valence-electron chi connectivity index (χ0n) is 10.5. The Balaban J connectivity index is 2.54. The Morgan fingerprint density at radius 1 is 1.72 bits per heavy atom. The van der Waals surface area contributed by atoms with Crippen LogP contribution in [-0.4, -0.2) is 35.0 Å². The molecule has 6 heteroatoms. The SMILES string of the molecule is C=C(Cl)N=C/C=C(\F)C1SCN(CCCC)C1N. The van der Waals surface area contributed by atoms with Gasteiger partial charge in [-0.1, -0.05) is 31.5 Å². The molecule has 0 aromatic carbocycles. The number of hydrogen-bond acceptors (Lipinski definition) is 4. The van der Waals surface area contributed by atoms with Gasteiger partial charge in [0.05, 0.1) is 11.4 Å². The minimum absolute atomic E-state index is 0.131. The molecule has 0 aromatic rings. The standard InChI is InChI=1S/C12H19ClFN3S/c1-3-4-7-17-8-18-11(12(17)15)10(14)5-6-16-9(2)13/h5-6,11-12H,2-4,7-8,15H2,1H3/b10-5-,16-6?. The first-order valence-electron chi connectivity index (χ1n) is 5.91. The van der Waals surface area contributed by atoms with Crippen LogP contribution in [0.4, 0.5) is 4.39 Å². The molecule has 1 saturated heterocycles. The lowest BCUT2D eigenvalue weighted by molar-refractivity contribution is 0.246. The third kappa shape index (κ3) is 4.72. The number of halogens is 2. The molecule has 18 heavy (non-hydrogen) atoms. The average molecular weight is 292 g/mol. The minimum atomic E-state index is -0.322. The van der Waals surface area contributed by atoms with Gasteiger partial charge in [-0.15, -0.1) is 11.8 Å². The summed E-state index contributed by atoms with van der Waals surface area (Å²) in [5, 5.41) is -0.191. The molecule has 0 spiro atoms. The summed E-state index contributed by atoms with van der Waals surface area (Å²) in [5.74, 6) is 0.500. The molecular weight excluding hydrogens is 273 g/mol. The van der Waals surface area contributed by atoms with E-state index in [1.165, 1.54) is 24.1 Å². The summed E-state index contributed by atoms with van der Waals surface area (Å²) < 4.78 is 13.9. The fraction of sp³-hybridized carbons (Fsp3) is 0.583. The van der Waals surface area contributed by atoms with E-state index in [4.69, 9.17) is 17.3 Å². The first-order valence-corrected chi connectivity index (χ1v) is 7.34. The monoisotopic (exact) mass is 291 g/mol. The quantitative estimate of drug-likeness (QED) is 0.604. The molecule has 102 valence electrons. The number of rotatable bonds is 6. The molecule has 0 radical (unpaired) electrons. The van der Waals surface area contributed by atoms with E-state index >= 15 is 0 Å². The Morgan fingerprint density at radius 2 is 2.44 bits per heavy atom. The van der Waals surface area contributed by atoms with Gasteiger partial charge in [0.1, 0.15) is 11.0 Å². The number of unbranched alkanes of at least 4 members (excludes halogenated alkanes) is 1. The van der Waals surface area contributed by atoms with Crippen LogP contribution in [0.15, 0.2) is 28.6 Å². The van der Waals surface area contributed by atoms with Gasteiger partial charge in [-0.25, -0.2) is 9.38 Å². The molecule has 3 nitrogen and oxygen atoms in total. The van der Waals surface area contributed by atoms with Crippen molar-refractivity contribution in [2.75, 3.05) is 12.4 Å². The summed E-state index contributed by atoms with van der Waals surface area (Å²) in [7, 11) is 0. The van der Waals surface area contributed by atoms with E-state index < -0.39 is 0 Å². The molecule has 0 amide bonds.